The number of nitrogens with zero attached hydrogens (tertiary/aromatic N) is 4. The summed E-state index contributed by atoms with van der Waals surface area (Å²) in [6.07, 6.45) is 6.30. The maximum atomic E-state index is 15.2. The zero-order valence-electron chi connectivity index (χ0n) is 20.0. The van der Waals surface area contributed by atoms with Crippen molar-refractivity contribution in [1.82, 2.24) is 19.9 Å². The molecule has 0 aliphatic heterocycles. The molecule has 0 fully saturated rings. The van der Waals surface area contributed by atoms with Gasteiger partial charge in [-0.1, -0.05) is 6.92 Å². The number of anilines is 2. The largest absolute Gasteiger partial charge is 0.395 e. The SMILES string of the molecule is CCCS(=O)(=O)Nc1c(F)ccc(C(=O)c2c[nH]c3ncc(-c4cnc(N(C)CCO)nc4)cc23)c1F. The second kappa shape index (κ2) is 10.6. The van der Waals surface area contributed by atoms with Crippen LogP contribution in [0, 0.1) is 11.6 Å². The van der Waals surface area contributed by atoms with Crippen molar-refractivity contribution in [2.24, 2.45) is 0 Å². The van der Waals surface area contributed by atoms with E-state index in [1.807, 2.05) is 4.72 Å². The van der Waals surface area contributed by atoms with E-state index in [9.17, 15) is 17.6 Å². The number of carbonyl (C=O) groups excluding carboxylic acids is 1. The van der Waals surface area contributed by atoms with Gasteiger partial charge >= 0.3 is 0 Å². The molecular weight excluding hydrogens is 506 g/mol. The predicted octanol–water partition coefficient (Wildman–Crippen LogP) is 3.11. The van der Waals surface area contributed by atoms with Crippen LogP contribution < -0.4 is 9.62 Å². The summed E-state index contributed by atoms with van der Waals surface area (Å²) in [5.74, 6) is -3.13. The lowest BCUT2D eigenvalue weighted by atomic mass is 10.0. The van der Waals surface area contributed by atoms with Crippen molar-refractivity contribution >= 4 is 38.5 Å². The third kappa shape index (κ3) is 5.42. The summed E-state index contributed by atoms with van der Waals surface area (Å²) in [6, 6.07) is 3.47. The number of hydrogen-bond acceptors (Lipinski definition) is 8. The number of hydrogen-bond donors (Lipinski definition) is 3. The number of ketones is 1. The van der Waals surface area contributed by atoms with Crippen molar-refractivity contribution in [2.45, 2.75) is 13.3 Å². The Labute approximate surface area is 211 Å². The fraction of sp³-hybridized carbons (Fsp3) is 0.250. The molecule has 0 saturated carbocycles. The Morgan fingerprint density at radius 1 is 1.11 bits per heavy atom. The lowest BCUT2D eigenvalue weighted by molar-refractivity contribution is 0.103. The molecule has 3 aromatic heterocycles. The van der Waals surface area contributed by atoms with Crippen molar-refractivity contribution in [1.29, 1.82) is 0 Å². The zero-order chi connectivity index (χ0) is 26.7. The van der Waals surface area contributed by atoms with Crippen molar-refractivity contribution in [3.05, 3.63) is 65.7 Å². The summed E-state index contributed by atoms with van der Waals surface area (Å²) >= 11 is 0. The zero-order valence-corrected chi connectivity index (χ0v) is 20.8. The third-order valence-corrected chi connectivity index (χ3v) is 7.05. The Morgan fingerprint density at radius 2 is 1.81 bits per heavy atom. The van der Waals surface area contributed by atoms with E-state index in [2.05, 4.69) is 19.9 Å². The van der Waals surface area contributed by atoms with E-state index in [-0.39, 0.29) is 24.3 Å². The predicted molar refractivity (Wildman–Crippen MR) is 135 cm³/mol. The first-order valence-corrected chi connectivity index (χ1v) is 12.9. The van der Waals surface area contributed by atoms with Crippen LogP contribution in [0.4, 0.5) is 20.4 Å². The smallest absolute Gasteiger partial charge is 0.232 e. The number of fused-ring (bicyclic) bond motifs is 1. The van der Waals surface area contributed by atoms with E-state index in [4.69, 9.17) is 5.11 Å². The van der Waals surface area contributed by atoms with Crippen molar-refractivity contribution in [3.63, 3.8) is 0 Å². The number of halogens is 2. The van der Waals surface area contributed by atoms with E-state index in [1.165, 1.54) is 6.20 Å². The molecule has 0 aliphatic rings. The monoisotopic (exact) mass is 530 g/mol. The second-order valence-corrected chi connectivity index (χ2v) is 10.1. The number of carbonyl (C=O) groups is 1. The van der Waals surface area contributed by atoms with Crippen LogP contribution in [0.15, 0.2) is 43.0 Å². The lowest BCUT2D eigenvalue weighted by Crippen LogP contribution is -2.23. The van der Waals surface area contributed by atoms with Crippen LogP contribution in [0.5, 0.6) is 0 Å². The molecule has 0 unspecified atom stereocenters. The molecule has 0 radical (unpaired) electrons. The van der Waals surface area contributed by atoms with Gasteiger partial charge in [0, 0.05) is 60.5 Å². The average molecular weight is 531 g/mol. The molecule has 0 amide bonds. The quantitative estimate of drug-likeness (QED) is 0.266. The maximum Gasteiger partial charge on any atom is 0.232 e. The van der Waals surface area contributed by atoms with Gasteiger partial charge in [0.2, 0.25) is 16.0 Å². The van der Waals surface area contributed by atoms with Crippen molar-refractivity contribution < 1.29 is 27.1 Å². The average Bonchev–Trinajstić information content (AvgIpc) is 3.30. The fourth-order valence-corrected chi connectivity index (χ4v) is 4.85. The third-order valence-electron chi connectivity index (χ3n) is 5.59. The standard InChI is InChI=1S/C24H24F2N6O4S/c1-3-8-37(35,36)31-21-19(25)5-4-16(20(21)26)22(34)18-13-28-23-17(18)9-14(10-27-23)15-11-29-24(30-12-15)32(2)6-7-33/h4-5,9-13,31,33H,3,6-8H2,1-2H3,(H,27,28). The molecule has 0 saturated heterocycles. The number of pyridine rings is 1. The molecule has 0 spiro atoms. The number of rotatable bonds is 10. The molecule has 1 aromatic carbocycles. The second-order valence-electron chi connectivity index (χ2n) is 8.27. The van der Waals surface area contributed by atoms with Crippen molar-refractivity contribution in [2.75, 3.05) is 35.6 Å². The first kappa shape index (κ1) is 26.1. The maximum absolute atomic E-state index is 15.2. The minimum absolute atomic E-state index is 0.0484. The summed E-state index contributed by atoms with van der Waals surface area (Å²) in [4.78, 5) is 30.7. The van der Waals surface area contributed by atoms with Gasteiger partial charge in [0.05, 0.1) is 17.9 Å². The van der Waals surface area contributed by atoms with Gasteiger partial charge in [0.25, 0.3) is 0 Å². The summed E-state index contributed by atoms with van der Waals surface area (Å²) in [5, 5.41) is 9.45. The van der Waals surface area contributed by atoms with Gasteiger partial charge in [-0.15, -0.1) is 0 Å². The van der Waals surface area contributed by atoms with Gasteiger partial charge in [-0.25, -0.2) is 32.2 Å². The Balaban J connectivity index is 1.70. The van der Waals surface area contributed by atoms with E-state index in [0.29, 0.717) is 34.7 Å². The molecule has 0 bridgehead atoms. The molecule has 194 valence electrons. The van der Waals surface area contributed by atoms with Crippen LogP contribution in [0.1, 0.15) is 29.3 Å². The lowest BCUT2D eigenvalue weighted by Gasteiger charge is -2.15. The van der Waals surface area contributed by atoms with Crippen LogP contribution in [0.25, 0.3) is 22.2 Å². The number of benzene rings is 1. The van der Waals surface area contributed by atoms with Crippen LogP contribution in [0.3, 0.4) is 0 Å². The summed E-state index contributed by atoms with van der Waals surface area (Å²) < 4.78 is 55.6. The van der Waals surface area contributed by atoms with Crippen LogP contribution in [-0.2, 0) is 10.0 Å². The molecular formula is C24H24F2N6O4S. The highest BCUT2D eigenvalue weighted by molar-refractivity contribution is 7.92. The van der Waals surface area contributed by atoms with Gasteiger partial charge in [0.15, 0.2) is 11.6 Å². The highest BCUT2D eigenvalue weighted by Crippen LogP contribution is 2.29. The molecule has 37 heavy (non-hydrogen) atoms. The number of aromatic nitrogens is 4. The number of sulfonamides is 1. The van der Waals surface area contributed by atoms with Gasteiger partial charge in [-0.05, 0) is 24.6 Å². The van der Waals surface area contributed by atoms with Crippen LogP contribution >= 0.6 is 0 Å². The Kier molecular flexibility index (Phi) is 7.45. The number of H-pyrrole nitrogens is 1. The Bertz CT molecular complexity index is 1560. The first-order chi connectivity index (χ1) is 17.6. The Hall–Kier alpha value is -3.97. The van der Waals surface area contributed by atoms with E-state index >= 15 is 4.39 Å². The first-order valence-electron chi connectivity index (χ1n) is 11.3. The highest BCUT2D eigenvalue weighted by Gasteiger charge is 2.25. The minimum atomic E-state index is -3.99. The van der Waals surface area contributed by atoms with Gasteiger partial charge in [-0.3, -0.25) is 9.52 Å². The van der Waals surface area contributed by atoms with Gasteiger partial charge in [-0.2, -0.15) is 0 Å². The number of aliphatic hydroxyl groups excluding tert-OH is 1. The van der Waals surface area contributed by atoms with E-state index < -0.39 is 38.7 Å². The molecule has 13 heteroatoms. The summed E-state index contributed by atoms with van der Waals surface area (Å²) in [5.41, 5.74) is 0.222. The number of likely N-dealkylation sites (N-methyl/N-ethyl adjacent to an activating group) is 1. The molecule has 4 rings (SSSR count). The molecule has 3 heterocycles. The van der Waals surface area contributed by atoms with E-state index in [0.717, 1.165) is 12.1 Å². The normalized spacial score (nSPS) is 11.6. The molecule has 0 atom stereocenters. The number of nitrogens with one attached hydrogen (secondary N) is 2. The molecule has 10 nitrogen and oxygen atoms in total. The highest BCUT2D eigenvalue weighted by atomic mass is 32.2. The molecule has 4 aromatic rings. The van der Waals surface area contributed by atoms with E-state index in [1.54, 1.807) is 43.5 Å². The topological polar surface area (TPSA) is 141 Å². The van der Waals surface area contributed by atoms with Crippen LogP contribution in [-0.4, -0.2) is 65.2 Å². The van der Waals surface area contributed by atoms with Gasteiger partial charge < -0.3 is 15.0 Å². The molecule has 3 N–H and O–H groups in total. The Morgan fingerprint density at radius 3 is 2.49 bits per heavy atom. The van der Waals surface area contributed by atoms with Crippen LogP contribution in [0.2, 0.25) is 0 Å². The summed E-state index contributed by atoms with van der Waals surface area (Å²) in [6.45, 7) is 1.93. The fourth-order valence-electron chi connectivity index (χ4n) is 3.71. The minimum Gasteiger partial charge on any atom is -0.395 e. The van der Waals surface area contributed by atoms with Crippen molar-refractivity contribution in [3.8, 4) is 11.1 Å². The number of aliphatic hydroxyl groups is 1. The summed E-state index contributed by atoms with van der Waals surface area (Å²) in [7, 11) is -2.25. The molecule has 0 aliphatic carbocycles. The van der Waals surface area contributed by atoms with Gasteiger partial charge in [0.1, 0.15) is 17.2 Å². The number of aromatic amines is 1.